The maximum absolute atomic E-state index is 12.7. The predicted octanol–water partition coefficient (Wildman–Crippen LogP) is 2.59. The van der Waals surface area contributed by atoms with Crippen molar-refractivity contribution in [3.63, 3.8) is 0 Å². The van der Waals surface area contributed by atoms with Crippen LogP contribution in [0.15, 0.2) is 47.4 Å². The van der Waals surface area contributed by atoms with Gasteiger partial charge in [0.05, 0.1) is 10.5 Å². The first kappa shape index (κ1) is 21.0. The van der Waals surface area contributed by atoms with Gasteiger partial charge in [-0.15, -0.1) is 0 Å². The van der Waals surface area contributed by atoms with Crippen molar-refractivity contribution >= 4 is 27.6 Å². The molecule has 154 valence electrons. The van der Waals surface area contributed by atoms with E-state index in [-0.39, 0.29) is 16.8 Å². The molecular formula is C21H24N2O5S. The molecule has 2 aromatic rings. The Labute approximate surface area is 170 Å². The highest BCUT2D eigenvalue weighted by atomic mass is 32.2. The molecular weight excluding hydrogens is 392 g/mol. The molecule has 1 heterocycles. The number of hydrogen-bond donors (Lipinski definition) is 1. The number of rotatable bonds is 5. The zero-order valence-corrected chi connectivity index (χ0v) is 17.4. The molecule has 2 N–H and O–H groups in total. The minimum atomic E-state index is -3.81. The molecule has 0 saturated carbocycles. The summed E-state index contributed by atoms with van der Waals surface area (Å²) in [6, 6.07) is 11.3. The van der Waals surface area contributed by atoms with Gasteiger partial charge in [0.1, 0.15) is 0 Å². The minimum absolute atomic E-state index is 0.00835. The first-order valence-corrected chi connectivity index (χ1v) is 10.9. The standard InChI is InChI=1S/C21H24N2O5S/c1-13(2)15-4-6-16(7-5-15)21(25)28-12-20(24)23-14(3)10-17-11-18(29(22,26)27)8-9-19(17)23/h4-9,11,13-14H,10,12H2,1-3H3,(H2,22,26,27). The van der Waals surface area contributed by atoms with Gasteiger partial charge in [-0.05, 0) is 60.7 Å². The Morgan fingerprint density at radius 3 is 2.41 bits per heavy atom. The summed E-state index contributed by atoms with van der Waals surface area (Å²) < 4.78 is 28.3. The fourth-order valence-electron chi connectivity index (χ4n) is 3.45. The summed E-state index contributed by atoms with van der Waals surface area (Å²) in [4.78, 5) is 26.5. The van der Waals surface area contributed by atoms with E-state index in [2.05, 4.69) is 13.8 Å². The Morgan fingerprint density at radius 2 is 1.83 bits per heavy atom. The molecule has 0 aromatic heterocycles. The van der Waals surface area contributed by atoms with Crippen molar-refractivity contribution in [1.29, 1.82) is 0 Å². The van der Waals surface area contributed by atoms with Crippen LogP contribution in [0.4, 0.5) is 5.69 Å². The lowest BCUT2D eigenvalue weighted by Crippen LogP contribution is -2.38. The van der Waals surface area contributed by atoms with Gasteiger partial charge in [0.15, 0.2) is 6.61 Å². The number of fused-ring (bicyclic) bond motifs is 1. The summed E-state index contributed by atoms with van der Waals surface area (Å²) in [5.41, 5.74) is 2.81. The Hall–Kier alpha value is -2.71. The van der Waals surface area contributed by atoms with E-state index in [4.69, 9.17) is 9.88 Å². The van der Waals surface area contributed by atoms with E-state index in [1.165, 1.54) is 17.0 Å². The van der Waals surface area contributed by atoms with Crippen LogP contribution in [0, 0.1) is 0 Å². The average Bonchev–Trinajstić information content (AvgIpc) is 3.00. The molecule has 1 atom stereocenters. The summed E-state index contributed by atoms with van der Waals surface area (Å²) in [7, 11) is -3.81. The van der Waals surface area contributed by atoms with Crippen molar-refractivity contribution < 1.29 is 22.7 Å². The maximum atomic E-state index is 12.7. The number of nitrogens with two attached hydrogens (primary N) is 1. The lowest BCUT2D eigenvalue weighted by molar-refractivity contribution is -0.122. The molecule has 29 heavy (non-hydrogen) atoms. The molecule has 0 aliphatic carbocycles. The molecule has 0 radical (unpaired) electrons. The van der Waals surface area contributed by atoms with Crippen LogP contribution in [-0.2, 0) is 26.0 Å². The molecule has 8 heteroatoms. The molecule has 3 rings (SSSR count). The normalized spacial score (nSPS) is 16.0. The second-order valence-corrected chi connectivity index (χ2v) is 9.07. The number of sulfonamides is 1. The first-order chi connectivity index (χ1) is 13.6. The van der Waals surface area contributed by atoms with Crippen LogP contribution in [0.2, 0.25) is 0 Å². The zero-order valence-electron chi connectivity index (χ0n) is 16.6. The second-order valence-electron chi connectivity index (χ2n) is 7.51. The van der Waals surface area contributed by atoms with Gasteiger partial charge >= 0.3 is 5.97 Å². The molecule has 7 nitrogen and oxygen atoms in total. The number of carbonyl (C=O) groups excluding carboxylic acids is 2. The SMILES string of the molecule is CC(C)c1ccc(C(=O)OCC(=O)N2c3ccc(S(N)(=O)=O)cc3CC2C)cc1. The molecule has 0 saturated heterocycles. The lowest BCUT2D eigenvalue weighted by Gasteiger charge is -2.22. The van der Waals surface area contributed by atoms with Crippen LogP contribution in [-0.4, -0.2) is 32.9 Å². The molecule has 0 spiro atoms. The van der Waals surface area contributed by atoms with Crippen molar-refractivity contribution in [3.8, 4) is 0 Å². The molecule has 1 unspecified atom stereocenters. The number of esters is 1. The Morgan fingerprint density at radius 1 is 1.17 bits per heavy atom. The van der Waals surface area contributed by atoms with Gasteiger partial charge in [0.25, 0.3) is 5.91 Å². The summed E-state index contributed by atoms with van der Waals surface area (Å²) >= 11 is 0. The highest BCUT2D eigenvalue weighted by Crippen LogP contribution is 2.33. The van der Waals surface area contributed by atoms with Gasteiger partial charge in [0, 0.05) is 11.7 Å². The number of anilines is 1. The van der Waals surface area contributed by atoms with Crippen molar-refractivity contribution in [2.75, 3.05) is 11.5 Å². The number of ether oxygens (including phenoxy) is 1. The summed E-state index contributed by atoms with van der Waals surface area (Å²) in [5, 5.41) is 5.18. The zero-order chi connectivity index (χ0) is 21.3. The van der Waals surface area contributed by atoms with Gasteiger partial charge < -0.3 is 9.64 Å². The summed E-state index contributed by atoms with van der Waals surface area (Å²) in [6.45, 7) is 5.58. The Bertz CT molecular complexity index is 1050. The fraction of sp³-hybridized carbons (Fsp3) is 0.333. The average molecular weight is 416 g/mol. The molecule has 0 bridgehead atoms. The van der Waals surface area contributed by atoms with Gasteiger partial charge in [-0.25, -0.2) is 18.4 Å². The first-order valence-electron chi connectivity index (χ1n) is 9.33. The van der Waals surface area contributed by atoms with Crippen LogP contribution in [0.1, 0.15) is 48.2 Å². The summed E-state index contributed by atoms with van der Waals surface area (Å²) in [6.07, 6.45) is 0.495. The molecule has 1 amide bonds. The number of benzene rings is 2. The molecule has 2 aromatic carbocycles. The molecule has 0 fully saturated rings. The smallest absolute Gasteiger partial charge is 0.338 e. The Kier molecular flexibility index (Phi) is 5.77. The van der Waals surface area contributed by atoms with Gasteiger partial charge in [0.2, 0.25) is 10.0 Å². The van der Waals surface area contributed by atoms with Crippen molar-refractivity contribution in [2.24, 2.45) is 5.14 Å². The van der Waals surface area contributed by atoms with Crippen molar-refractivity contribution in [2.45, 2.75) is 44.0 Å². The topological polar surface area (TPSA) is 107 Å². The number of primary sulfonamides is 1. The largest absolute Gasteiger partial charge is 0.452 e. The highest BCUT2D eigenvalue weighted by molar-refractivity contribution is 7.89. The molecule has 1 aliphatic rings. The summed E-state index contributed by atoms with van der Waals surface area (Å²) in [5.74, 6) is -0.579. The van der Waals surface area contributed by atoms with E-state index in [0.29, 0.717) is 29.2 Å². The van der Waals surface area contributed by atoms with Gasteiger partial charge in [-0.2, -0.15) is 0 Å². The van der Waals surface area contributed by atoms with Crippen molar-refractivity contribution in [3.05, 3.63) is 59.2 Å². The van der Waals surface area contributed by atoms with E-state index >= 15 is 0 Å². The van der Waals surface area contributed by atoms with Crippen LogP contribution >= 0.6 is 0 Å². The predicted molar refractivity (Wildman–Crippen MR) is 109 cm³/mol. The fourth-order valence-corrected chi connectivity index (χ4v) is 4.01. The van der Waals surface area contributed by atoms with Gasteiger partial charge in [-0.1, -0.05) is 26.0 Å². The van der Waals surface area contributed by atoms with E-state index in [1.807, 2.05) is 19.1 Å². The maximum Gasteiger partial charge on any atom is 0.338 e. The monoisotopic (exact) mass is 416 g/mol. The van der Waals surface area contributed by atoms with Crippen molar-refractivity contribution in [1.82, 2.24) is 0 Å². The van der Waals surface area contributed by atoms with E-state index in [9.17, 15) is 18.0 Å². The van der Waals surface area contributed by atoms with Crippen LogP contribution < -0.4 is 10.0 Å². The van der Waals surface area contributed by atoms with Gasteiger partial charge in [-0.3, -0.25) is 4.79 Å². The van der Waals surface area contributed by atoms with Crippen LogP contribution in [0.25, 0.3) is 0 Å². The minimum Gasteiger partial charge on any atom is -0.452 e. The molecule has 1 aliphatic heterocycles. The number of carbonyl (C=O) groups is 2. The second kappa shape index (κ2) is 7.96. The van der Waals surface area contributed by atoms with E-state index < -0.39 is 22.6 Å². The highest BCUT2D eigenvalue weighted by Gasteiger charge is 2.32. The van der Waals surface area contributed by atoms with Crippen LogP contribution in [0.3, 0.4) is 0 Å². The van der Waals surface area contributed by atoms with E-state index in [0.717, 1.165) is 5.56 Å². The quantitative estimate of drug-likeness (QED) is 0.754. The van der Waals surface area contributed by atoms with E-state index in [1.54, 1.807) is 18.2 Å². The third-order valence-corrected chi connectivity index (χ3v) is 5.91. The number of amides is 1. The third kappa shape index (κ3) is 4.49. The number of hydrogen-bond acceptors (Lipinski definition) is 5. The Balaban J connectivity index is 1.69. The lowest BCUT2D eigenvalue weighted by atomic mass is 10.0. The third-order valence-electron chi connectivity index (χ3n) is 5.00. The number of nitrogens with zero attached hydrogens (tertiary/aromatic N) is 1. The van der Waals surface area contributed by atoms with Crippen LogP contribution in [0.5, 0.6) is 0 Å².